The van der Waals surface area contributed by atoms with Crippen LogP contribution in [0.2, 0.25) is 0 Å². The van der Waals surface area contributed by atoms with Gasteiger partial charge in [0.1, 0.15) is 11.5 Å². The van der Waals surface area contributed by atoms with Crippen LogP contribution in [0.1, 0.15) is 40.9 Å². The largest absolute Gasteiger partial charge is 0.618 e. The normalized spacial score (nSPS) is 15.1. The SMILES string of the molecule is Cc1oc(C2CCN(C(=O)c3cccc[n+]3[O-])CC2)nc1-c1ccccc1. The van der Waals surface area contributed by atoms with Gasteiger partial charge in [0.2, 0.25) is 0 Å². The van der Waals surface area contributed by atoms with E-state index in [1.165, 1.54) is 6.20 Å². The van der Waals surface area contributed by atoms with Crippen molar-refractivity contribution in [3.63, 3.8) is 0 Å². The quantitative estimate of drug-likeness (QED) is 0.529. The molecule has 1 amide bonds. The summed E-state index contributed by atoms with van der Waals surface area (Å²) >= 11 is 0. The summed E-state index contributed by atoms with van der Waals surface area (Å²) in [5, 5.41) is 11.8. The molecule has 1 aliphatic rings. The third-order valence-corrected chi connectivity index (χ3v) is 5.03. The first kappa shape index (κ1) is 17.3. The number of nitrogens with zero attached hydrogens (tertiary/aromatic N) is 3. The third-order valence-electron chi connectivity index (χ3n) is 5.03. The number of piperidine rings is 1. The maximum Gasteiger partial charge on any atom is 0.319 e. The maximum atomic E-state index is 12.6. The van der Waals surface area contributed by atoms with Crippen molar-refractivity contribution in [3.8, 4) is 11.3 Å². The average Bonchev–Trinajstić information content (AvgIpc) is 3.10. The fourth-order valence-corrected chi connectivity index (χ4v) is 3.54. The minimum atomic E-state index is -0.224. The first-order chi connectivity index (χ1) is 13.1. The molecule has 27 heavy (non-hydrogen) atoms. The Labute approximate surface area is 157 Å². The van der Waals surface area contributed by atoms with Crippen LogP contribution >= 0.6 is 0 Å². The zero-order valence-corrected chi connectivity index (χ0v) is 15.2. The van der Waals surface area contributed by atoms with Crippen molar-refractivity contribution in [2.45, 2.75) is 25.7 Å². The lowest BCUT2D eigenvalue weighted by Crippen LogP contribution is -2.44. The summed E-state index contributed by atoms with van der Waals surface area (Å²) in [6.45, 7) is 3.10. The summed E-state index contributed by atoms with van der Waals surface area (Å²) in [4.78, 5) is 19.0. The third kappa shape index (κ3) is 3.43. The van der Waals surface area contributed by atoms with Crippen LogP contribution in [0, 0.1) is 12.1 Å². The first-order valence-corrected chi connectivity index (χ1v) is 9.13. The molecule has 0 spiro atoms. The predicted molar refractivity (Wildman–Crippen MR) is 100.0 cm³/mol. The highest BCUT2D eigenvalue weighted by Gasteiger charge is 2.30. The number of pyridine rings is 1. The van der Waals surface area contributed by atoms with Gasteiger partial charge in [-0.05, 0) is 25.8 Å². The molecule has 6 nitrogen and oxygen atoms in total. The fourth-order valence-electron chi connectivity index (χ4n) is 3.54. The van der Waals surface area contributed by atoms with Gasteiger partial charge in [0, 0.05) is 36.7 Å². The van der Waals surface area contributed by atoms with E-state index < -0.39 is 0 Å². The molecule has 3 heterocycles. The molecule has 2 aromatic heterocycles. The molecule has 1 fully saturated rings. The van der Waals surface area contributed by atoms with Gasteiger partial charge in [0.15, 0.2) is 12.1 Å². The van der Waals surface area contributed by atoms with Crippen molar-refractivity contribution in [3.05, 3.63) is 77.3 Å². The number of oxazole rings is 1. The van der Waals surface area contributed by atoms with Crippen LogP contribution < -0.4 is 4.73 Å². The number of likely N-dealkylation sites (tertiary alicyclic amines) is 1. The maximum absolute atomic E-state index is 12.6. The predicted octanol–water partition coefficient (Wildman–Crippen LogP) is 3.30. The Bertz CT molecular complexity index is 944. The molecule has 0 N–H and O–H groups in total. The molecule has 0 unspecified atom stereocenters. The van der Waals surface area contributed by atoms with Crippen molar-refractivity contribution in [1.29, 1.82) is 0 Å². The lowest BCUT2D eigenvalue weighted by molar-refractivity contribution is -0.608. The number of hydrogen-bond acceptors (Lipinski definition) is 4. The van der Waals surface area contributed by atoms with Crippen molar-refractivity contribution in [2.24, 2.45) is 0 Å². The summed E-state index contributed by atoms with van der Waals surface area (Å²) in [6, 6.07) is 14.9. The minimum Gasteiger partial charge on any atom is -0.618 e. The summed E-state index contributed by atoms with van der Waals surface area (Å²) in [7, 11) is 0. The molecule has 138 valence electrons. The summed E-state index contributed by atoms with van der Waals surface area (Å²) in [5.74, 6) is 1.50. The number of rotatable bonds is 3. The molecule has 1 saturated heterocycles. The van der Waals surface area contributed by atoms with Crippen LogP contribution in [0.3, 0.4) is 0 Å². The molecule has 3 aromatic rings. The number of amides is 1. The van der Waals surface area contributed by atoms with Crippen LogP contribution in [0.4, 0.5) is 0 Å². The highest BCUT2D eigenvalue weighted by atomic mass is 16.5. The number of carbonyl (C=O) groups excluding carboxylic acids is 1. The van der Waals surface area contributed by atoms with E-state index in [2.05, 4.69) is 0 Å². The molecule has 0 atom stereocenters. The number of aromatic nitrogens is 2. The lowest BCUT2D eigenvalue weighted by atomic mass is 9.96. The molecule has 0 radical (unpaired) electrons. The fraction of sp³-hybridized carbons (Fsp3) is 0.286. The Hall–Kier alpha value is -3.15. The van der Waals surface area contributed by atoms with Crippen molar-refractivity contribution < 1.29 is 13.9 Å². The first-order valence-electron chi connectivity index (χ1n) is 9.13. The number of aryl methyl sites for hydroxylation is 1. The van der Waals surface area contributed by atoms with Gasteiger partial charge in [-0.15, -0.1) is 0 Å². The van der Waals surface area contributed by atoms with E-state index in [0.717, 1.165) is 35.7 Å². The molecular weight excluding hydrogens is 342 g/mol. The zero-order chi connectivity index (χ0) is 18.8. The van der Waals surface area contributed by atoms with E-state index in [1.54, 1.807) is 23.1 Å². The van der Waals surface area contributed by atoms with E-state index in [1.807, 2.05) is 37.3 Å². The molecule has 0 saturated carbocycles. The molecule has 1 aliphatic heterocycles. The van der Waals surface area contributed by atoms with E-state index >= 15 is 0 Å². The second-order valence-corrected chi connectivity index (χ2v) is 6.80. The highest BCUT2D eigenvalue weighted by Crippen LogP contribution is 2.32. The average molecular weight is 363 g/mol. The van der Waals surface area contributed by atoms with Crippen molar-refractivity contribution >= 4 is 5.91 Å². The minimum absolute atomic E-state index is 0.161. The van der Waals surface area contributed by atoms with Gasteiger partial charge < -0.3 is 14.5 Å². The summed E-state index contributed by atoms with van der Waals surface area (Å²) < 4.78 is 6.56. The van der Waals surface area contributed by atoms with E-state index in [9.17, 15) is 10.0 Å². The molecule has 0 bridgehead atoms. The zero-order valence-electron chi connectivity index (χ0n) is 15.2. The van der Waals surface area contributed by atoms with Crippen molar-refractivity contribution in [2.75, 3.05) is 13.1 Å². The Morgan fingerprint density at radius 2 is 1.85 bits per heavy atom. The van der Waals surface area contributed by atoms with Crippen LogP contribution in [-0.4, -0.2) is 28.9 Å². The Balaban J connectivity index is 1.46. The standard InChI is InChI=1S/C21H21N3O3/c1-15-19(16-7-3-2-4-8-16)22-20(27-15)17-10-13-23(14-11-17)21(25)18-9-5-6-12-24(18)26/h2-9,12,17H,10-11,13-14H2,1H3. The number of carbonyl (C=O) groups is 1. The summed E-state index contributed by atoms with van der Waals surface area (Å²) in [6.07, 6.45) is 2.89. The number of hydrogen-bond donors (Lipinski definition) is 0. The van der Waals surface area contributed by atoms with E-state index in [0.29, 0.717) is 17.8 Å². The second-order valence-electron chi connectivity index (χ2n) is 6.80. The van der Waals surface area contributed by atoms with Crippen LogP contribution in [-0.2, 0) is 0 Å². The molecular formula is C21H21N3O3. The highest BCUT2D eigenvalue weighted by molar-refractivity contribution is 5.91. The summed E-state index contributed by atoms with van der Waals surface area (Å²) in [5.41, 5.74) is 2.08. The Morgan fingerprint density at radius 1 is 1.15 bits per heavy atom. The van der Waals surface area contributed by atoms with Gasteiger partial charge in [-0.2, -0.15) is 4.73 Å². The van der Waals surface area contributed by atoms with Crippen molar-refractivity contribution in [1.82, 2.24) is 9.88 Å². The van der Waals surface area contributed by atoms with Gasteiger partial charge >= 0.3 is 5.91 Å². The monoisotopic (exact) mass is 363 g/mol. The van der Waals surface area contributed by atoms with Crippen LogP contribution in [0.5, 0.6) is 0 Å². The Morgan fingerprint density at radius 3 is 2.56 bits per heavy atom. The molecule has 1 aromatic carbocycles. The number of benzene rings is 1. The van der Waals surface area contributed by atoms with Gasteiger partial charge in [0.05, 0.1) is 0 Å². The molecule has 0 aliphatic carbocycles. The lowest BCUT2D eigenvalue weighted by Gasteiger charge is -2.29. The Kier molecular flexibility index (Phi) is 4.62. The molecule has 4 rings (SSSR count). The smallest absolute Gasteiger partial charge is 0.319 e. The van der Waals surface area contributed by atoms with Gasteiger partial charge in [0.25, 0.3) is 5.69 Å². The second kappa shape index (κ2) is 7.23. The molecule has 6 heteroatoms. The van der Waals surface area contributed by atoms with Crippen LogP contribution in [0.15, 0.2) is 59.1 Å². The van der Waals surface area contributed by atoms with Gasteiger partial charge in [-0.25, -0.2) is 4.98 Å². The topological polar surface area (TPSA) is 73.3 Å². The van der Waals surface area contributed by atoms with Gasteiger partial charge in [-0.1, -0.05) is 30.3 Å². The van der Waals surface area contributed by atoms with E-state index in [4.69, 9.17) is 9.40 Å². The van der Waals surface area contributed by atoms with Gasteiger partial charge in [-0.3, -0.25) is 4.79 Å². The van der Waals surface area contributed by atoms with Crippen LogP contribution in [0.25, 0.3) is 11.3 Å². The van der Waals surface area contributed by atoms with E-state index in [-0.39, 0.29) is 17.5 Å².